The molecule has 1 aliphatic rings. The average Bonchev–Trinajstić information content (AvgIpc) is 2.35. The predicted molar refractivity (Wildman–Crippen MR) is 79.2 cm³/mol. The van der Waals surface area contributed by atoms with E-state index < -0.39 is 0 Å². The van der Waals surface area contributed by atoms with Gasteiger partial charge in [0.2, 0.25) is 0 Å². The molecule has 2 nitrogen and oxygen atoms in total. The highest BCUT2D eigenvalue weighted by Crippen LogP contribution is 2.29. The van der Waals surface area contributed by atoms with Crippen molar-refractivity contribution in [3.8, 4) is 0 Å². The Labute approximate surface area is 122 Å². The van der Waals surface area contributed by atoms with Gasteiger partial charge >= 0.3 is 0 Å². The van der Waals surface area contributed by atoms with Crippen LogP contribution in [-0.4, -0.2) is 20.2 Å². The molecule has 1 fully saturated rings. The van der Waals surface area contributed by atoms with Gasteiger partial charge in [-0.1, -0.05) is 27.5 Å². The minimum atomic E-state index is 0.546. The van der Waals surface area contributed by atoms with E-state index in [0.717, 1.165) is 40.5 Å². The van der Waals surface area contributed by atoms with Gasteiger partial charge in [-0.3, -0.25) is 0 Å². The summed E-state index contributed by atoms with van der Waals surface area (Å²) in [4.78, 5) is 0. The van der Waals surface area contributed by atoms with Crippen LogP contribution in [0.2, 0.25) is 5.02 Å². The fraction of sp³-hybridized carbons (Fsp3) is 0.571. The Morgan fingerprint density at radius 1 is 1.50 bits per heavy atom. The molecular formula is C14H19BrClNO. The molecule has 1 unspecified atom stereocenters. The SMILES string of the molecule is COCc1c(Cl)cc(CC2CCCNC2)cc1Br. The molecule has 1 N–H and O–H groups in total. The van der Waals surface area contributed by atoms with E-state index in [4.69, 9.17) is 16.3 Å². The van der Waals surface area contributed by atoms with Gasteiger partial charge in [0.15, 0.2) is 0 Å². The van der Waals surface area contributed by atoms with Crippen molar-refractivity contribution in [2.45, 2.75) is 25.9 Å². The van der Waals surface area contributed by atoms with Crippen molar-refractivity contribution in [2.75, 3.05) is 20.2 Å². The molecule has 0 aromatic heterocycles. The first-order valence-corrected chi connectivity index (χ1v) is 7.54. The fourth-order valence-corrected chi connectivity index (χ4v) is 3.52. The van der Waals surface area contributed by atoms with Crippen LogP contribution in [0.5, 0.6) is 0 Å². The number of hydrogen-bond donors (Lipinski definition) is 1. The van der Waals surface area contributed by atoms with Crippen LogP contribution < -0.4 is 5.32 Å². The highest BCUT2D eigenvalue weighted by atomic mass is 79.9. The monoisotopic (exact) mass is 331 g/mol. The van der Waals surface area contributed by atoms with Crippen LogP contribution in [0.3, 0.4) is 0 Å². The molecule has 0 spiro atoms. The van der Waals surface area contributed by atoms with E-state index in [9.17, 15) is 0 Å². The lowest BCUT2D eigenvalue weighted by atomic mass is 9.92. The third kappa shape index (κ3) is 3.70. The number of piperidine rings is 1. The first-order valence-electron chi connectivity index (χ1n) is 6.37. The number of hydrogen-bond acceptors (Lipinski definition) is 2. The lowest BCUT2D eigenvalue weighted by Crippen LogP contribution is -2.30. The Hall–Kier alpha value is -0.0900. The summed E-state index contributed by atoms with van der Waals surface area (Å²) >= 11 is 9.89. The molecule has 1 saturated heterocycles. The van der Waals surface area contributed by atoms with E-state index in [2.05, 4.69) is 33.4 Å². The molecule has 1 aromatic rings. The fourth-order valence-electron chi connectivity index (χ4n) is 2.49. The molecule has 100 valence electrons. The molecule has 0 bridgehead atoms. The molecule has 1 aromatic carbocycles. The zero-order chi connectivity index (χ0) is 13.0. The Kier molecular flexibility index (Phi) is 5.49. The molecule has 1 aliphatic heterocycles. The van der Waals surface area contributed by atoms with E-state index >= 15 is 0 Å². The Bertz CT molecular complexity index is 382. The Morgan fingerprint density at radius 2 is 2.33 bits per heavy atom. The van der Waals surface area contributed by atoms with Gasteiger partial charge in [-0.25, -0.2) is 0 Å². The maximum Gasteiger partial charge on any atom is 0.0738 e. The third-order valence-corrected chi connectivity index (χ3v) is 4.46. The highest BCUT2D eigenvalue weighted by Gasteiger charge is 2.15. The van der Waals surface area contributed by atoms with Gasteiger partial charge in [0.25, 0.3) is 0 Å². The zero-order valence-electron chi connectivity index (χ0n) is 10.6. The summed E-state index contributed by atoms with van der Waals surface area (Å²) in [6.07, 6.45) is 3.68. The minimum absolute atomic E-state index is 0.546. The van der Waals surface area contributed by atoms with Crippen molar-refractivity contribution in [2.24, 2.45) is 5.92 Å². The molecule has 4 heteroatoms. The number of halogens is 2. The summed E-state index contributed by atoms with van der Waals surface area (Å²) < 4.78 is 6.21. The van der Waals surface area contributed by atoms with Crippen LogP contribution in [0.25, 0.3) is 0 Å². The smallest absolute Gasteiger partial charge is 0.0738 e. The van der Waals surface area contributed by atoms with E-state index in [-0.39, 0.29) is 0 Å². The summed E-state index contributed by atoms with van der Waals surface area (Å²) in [5.41, 5.74) is 2.34. The number of nitrogens with one attached hydrogen (secondary N) is 1. The van der Waals surface area contributed by atoms with Gasteiger partial charge in [-0.15, -0.1) is 0 Å². The van der Waals surface area contributed by atoms with Gasteiger partial charge in [0.1, 0.15) is 0 Å². The average molecular weight is 333 g/mol. The molecule has 18 heavy (non-hydrogen) atoms. The maximum absolute atomic E-state index is 6.31. The number of benzene rings is 1. The number of methoxy groups -OCH3 is 1. The molecule has 0 radical (unpaired) electrons. The lowest BCUT2D eigenvalue weighted by Gasteiger charge is -2.23. The molecule has 2 rings (SSSR count). The summed E-state index contributed by atoms with van der Waals surface area (Å²) in [6, 6.07) is 4.25. The molecule has 1 heterocycles. The van der Waals surface area contributed by atoms with E-state index in [1.807, 2.05) is 0 Å². The topological polar surface area (TPSA) is 21.3 Å². The quantitative estimate of drug-likeness (QED) is 0.906. The molecular weight excluding hydrogens is 314 g/mol. The standard InChI is InChI=1S/C14H19BrClNO/c1-18-9-12-13(15)6-11(7-14(12)16)5-10-3-2-4-17-8-10/h6-7,10,17H,2-5,8-9H2,1H3. The summed E-state index contributed by atoms with van der Waals surface area (Å²) in [5, 5.41) is 4.25. The Balaban J connectivity index is 2.09. The second-order valence-electron chi connectivity index (χ2n) is 4.89. The van der Waals surface area contributed by atoms with Crippen molar-refractivity contribution in [3.05, 3.63) is 32.8 Å². The van der Waals surface area contributed by atoms with Crippen molar-refractivity contribution in [1.82, 2.24) is 5.32 Å². The molecule has 0 aliphatic carbocycles. The molecule has 1 atom stereocenters. The number of rotatable bonds is 4. The highest BCUT2D eigenvalue weighted by molar-refractivity contribution is 9.10. The summed E-state index contributed by atoms with van der Waals surface area (Å²) in [6.45, 7) is 2.83. The van der Waals surface area contributed by atoms with Crippen LogP contribution >= 0.6 is 27.5 Å². The largest absolute Gasteiger partial charge is 0.380 e. The second kappa shape index (κ2) is 6.90. The zero-order valence-corrected chi connectivity index (χ0v) is 13.0. The van der Waals surface area contributed by atoms with Crippen LogP contribution in [-0.2, 0) is 17.8 Å². The van der Waals surface area contributed by atoms with Gasteiger partial charge in [0, 0.05) is 22.2 Å². The number of ether oxygens (including phenoxy) is 1. The van der Waals surface area contributed by atoms with Crippen LogP contribution in [0.4, 0.5) is 0 Å². The van der Waals surface area contributed by atoms with E-state index in [0.29, 0.717) is 6.61 Å². The maximum atomic E-state index is 6.31. The predicted octanol–water partition coefficient (Wildman–Crippen LogP) is 3.79. The summed E-state index contributed by atoms with van der Waals surface area (Å²) in [5.74, 6) is 0.731. The van der Waals surface area contributed by atoms with E-state index in [1.54, 1.807) is 7.11 Å². The first kappa shape index (κ1) is 14.3. The Morgan fingerprint density at radius 3 is 2.94 bits per heavy atom. The van der Waals surface area contributed by atoms with Gasteiger partial charge in [-0.05, 0) is 56.0 Å². The lowest BCUT2D eigenvalue weighted by molar-refractivity contribution is 0.184. The van der Waals surface area contributed by atoms with Crippen LogP contribution in [0, 0.1) is 5.92 Å². The normalized spacial score (nSPS) is 20.1. The van der Waals surface area contributed by atoms with Crippen molar-refractivity contribution in [1.29, 1.82) is 0 Å². The van der Waals surface area contributed by atoms with E-state index in [1.165, 1.54) is 18.4 Å². The van der Waals surface area contributed by atoms with Crippen LogP contribution in [0.15, 0.2) is 16.6 Å². The van der Waals surface area contributed by atoms with Gasteiger partial charge in [-0.2, -0.15) is 0 Å². The molecule has 0 amide bonds. The van der Waals surface area contributed by atoms with Gasteiger partial charge in [0.05, 0.1) is 6.61 Å². The van der Waals surface area contributed by atoms with Crippen LogP contribution in [0.1, 0.15) is 24.0 Å². The summed E-state index contributed by atoms with van der Waals surface area (Å²) in [7, 11) is 1.68. The van der Waals surface area contributed by atoms with Gasteiger partial charge < -0.3 is 10.1 Å². The minimum Gasteiger partial charge on any atom is -0.380 e. The van der Waals surface area contributed by atoms with Crippen molar-refractivity contribution < 1.29 is 4.74 Å². The molecule has 0 saturated carbocycles. The first-order chi connectivity index (χ1) is 8.70. The second-order valence-corrected chi connectivity index (χ2v) is 6.15. The third-order valence-electron chi connectivity index (χ3n) is 3.41. The van der Waals surface area contributed by atoms with Crippen molar-refractivity contribution >= 4 is 27.5 Å². The van der Waals surface area contributed by atoms with Crippen molar-refractivity contribution in [3.63, 3.8) is 0 Å².